The van der Waals surface area contributed by atoms with Gasteiger partial charge in [-0.1, -0.05) is 6.92 Å². The fourth-order valence-corrected chi connectivity index (χ4v) is 2.96. The SMILES string of the molecule is Cc1ccsc1C(C)CCC1(N)CC1. The molecule has 2 heteroatoms. The van der Waals surface area contributed by atoms with E-state index in [2.05, 4.69) is 25.3 Å². The third kappa shape index (κ3) is 2.18. The Labute approximate surface area is 90.3 Å². The highest BCUT2D eigenvalue weighted by Crippen LogP contribution is 2.39. The first-order valence-electron chi connectivity index (χ1n) is 5.44. The quantitative estimate of drug-likeness (QED) is 0.807. The smallest absolute Gasteiger partial charge is 0.0155 e. The molecule has 1 aromatic heterocycles. The molecule has 1 unspecified atom stereocenters. The highest BCUT2D eigenvalue weighted by Gasteiger charge is 2.37. The Bertz CT molecular complexity index is 312. The van der Waals surface area contributed by atoms with Crippen molar-refractivity contribution in [3.63, 3.8) is 0 Å². The fourth-order valence-electron chi connectivity index (χ4n) is 1.93. The van der Waals surface area contributed by atoms with Crippen LogP contribution in [0.4, 0.5) is 0 Å². The van der Waals surface area contributed by atoms with Gasteiger partial charge in [-0.25, -0.2) is 0 Å². The van der Waals surface area contributed by atoms with Crippen LogP contribution in [0.25, 0.3) is 0 Å². The summed E-state index contributed by atoms with van der Waals surface area (Å²) >= 11 is 1.89. The van der Waals surface area contributed by atoms with E-state index in [1.54, 1.807) is 4.88 Å². The molecule has 1 nitrogen and oxygen atoms in total. The predicted molar refractivity (Wildman–Crippen MR) is 62.9 cm³/mol. The molecule has 1 aromatic rings. The summed E-state index contributed by atoms with van der Waals surface area (Å²) in [4.78, 5) is 1.55. The van der Waals surface area contributed by atoms with E-state index in [1.807, 2.05) is 11.3 Å². The molecule has 1 saturated carbocycles. The second-order valence-electron chi connectivity index (χ2n) is 4.77. The number of rotatable bonds is 4. The molecule has 14 heavy (non-hydrogen) atoms. The van der Waals surface area contributed by atoms with Gasteiger partial charge in [0.15, 0.2) is 0 Å². The molecule has 1 aliphatic carbocycles. The van der Waals surface area contributed by atoms with Gasteiger partial charge >= 0.3 is 0 Å². The van der Waals surface area contributed by atoms with Gasteiger partial charge in [0.05, 0.1) is 0 Å². The van der Waals surface area contributed by atoms with E-state index in [4.69, 9.17) is 5.73 Å². The van der Waals surface area contributed by atoms with Crippen molar-refractivity contribution in [1.29, 1.82) is 0 Å². The molecule has 1 aliphatic rings. The van der Waals surface area contributed by atoms with Crippen LogP contribution in [-0.4, -0.2) is 5.54 Å². The maximum absolute atomic E-state index is 6.09. The summed E-state index contributed by atoms with van der Waals surface area (Å²) in [5.41, 5.74) is 7.76. The molecular weight excluding hydrogens is 190 g/mol. The van der Waals surface area contributed by atoms with E-state index in [9.17, 15) is 0 Å². The predicted octanol–water partition coefficient (Wildman–Crippen LogP) is 3.43. The van der Waals surface area contributed by atoms with Crippen molar-refractivity contribution in [2.45, 2.75) is 51.0 Å². The lowest BCUT2D eigenvalue weighted by Gasteiger charge is -2.14. The third-order valence-corrected chi connectivity index (χ3v) is 4.57. The first-order valence-corrected chi connectivity index (χ1v) is 6.32. The summed E-state index contributed by atoms with van der Waals surface area (Å²) in [6.45, 7) is 4.53. The molecule has 0 aromatic carbocycles. The van der Waals surface area contributed by atoms with Crippen LogP contribution in [0.15, 0.2) is 11.4 Å². The Hall–Kier alpha value is -0.340. The Morgan fingerprint density at radius 2 is 2.29 bits per heavy atom. The van der Waals surface area contributed by atoms with Crippen LogP contribution >= 0.6 is 11.3 Å². The topological polar surface area (TPSA) is 26.0 Å². The van der Waals surface area contributed by atoms with Crippen molar-refractivity contribution in [1.82, 2.24) is 0 Å². The summed E-state index contributed by atoms with van der Waals surface area (Å²) in [7, 11) is 0. The van der Waals surface area contributed by atoms with Gasteiger partial charge in [-0.2, -0.15) is 0 Å². The molecule has 0 spiro atoms. The largest absolute Gasteiger partial charge is 0.325 e. The van der Waals surface area contributed by atoms with Gasteiger partial charge in [-0.15, -0.1) is 11.3 Å². The summed E-state index contributed by atoms with van der Waals surface area (Å²) in [5.74, 6) is 0.691. The molecule has 1 fully saturated rings. The molecular formula is C12H19NS. The van der Waals surface area contributed by atoms with Gasteiger partial charge < -0.3 is 5.73 Å². The van der Waals surface area contributed by atoms with Crippen molar-refractivity contribution in [2.24, 2.45) is 5.73 Å². The molecule has 0 saturated heterocycles. The van der Waals surface area contributed by atoms with Crippen LogP contribution in [0.3, 0.4) is 0 Å². The van der Waals surface area contributed by atoms with Gasteiger partial charge in [-0.05, 0) is 55.5 Å². The minimum absolute atomic E-state index is 0.222. The molecule has 0 bridgehead atoms. The fraction of sp³-hybridized carbons (Fsp3) is 0.667. The first-order chi connectivity index (χ1) is 6.61. The van der Waals surface area contributed by atoms with Gasteiger partial charge in [-0.3, -0.25) is 0 Å². The van der Waals surface area contributed by atoms with Crippen molar-refractivity contribution >= 4 is 11.3 Å². The van der Waals surface area contributed by atoms with Crippen LogP contribution in [0.1, 0.15) is 49.0 Å². The lowest BCUT2D eigenvalue weighted by molar-refractivity contribution is 0.535. The van der Waals surface area contributed by atoms with Gasteiger partial charge in [0.25, 0.3) is 0 Å². The number of hydrogen-bond donors (Lipinski definition) is 1. The van der Waals surface area contributed by atoms with E-state index in [-0.39, 0.29) is 5.54 Å². The van der Waals surface area contributed by atoms with Crippen molar-refractivity contribution in [3.05, 3.63) is 21.9 Å². The molecule has 1 heterocycles. The molecule has 1 atom stereocenters. The van der Waals surface area contributed by atoms with Crippen LogP contribution in [0.5, 0.6) is 0 Å². The van der Waals surface area contributed by atoms with Crippen molar-refractivity contribution < 1.29 is 0 Å². The van der Waals surface area contributed by atoms with Gasteiger partial charge in [0, 0.05) is 10.4 Å². The van der Waals surface area contributed by atoms with Crippen molar-refractivity contribution in [3.8, 4) is 0 Å². The zero-order valence-corrected chi connectivity index (χ0v) is 9.86. The maximum atomic E-state index is 6.09. The molecule has 0 amide bonds. The maximum Gasteiger partial charge on any atom is 0.0155 e. The minimum atomic E-state index is 0.222. The molecule has 0 radical (unpaired) electrons. The Morgan fingerprint density at radius 3 is 2.79 bits per heavy atom. The monoisotopic (exact) mass is 209 g/mol. The van der Waals surface area contributed by atoms with Gasteiger partial charge in [0.1, 0.15) is 0 Å². The average molecular weight is 209 g/mol. The number of aryl methyl sites for hydroxylation is 1. The molecule has 0 aliphatic heterocycles. The highest BCUT2D eigenvalue weighted by atomic mass is 32.1. The average Bonchev–Trinajstić information content (AvgIpc) is 2.72. The zero-order chi connectivity index (χ0) is 10.2. The third-order valence-electron chi connectivity index (χ3n) is 3.32. The molecule has 2 N–H and O–H groups in total. The van der Waals surface area contributed by atoms with E-state index in [0.717, 1.165) is 0 Å². The normalized spacial score (nSPS) is 20.8. The van der Waals surface area contributed by atoms with Crippen LogP contribution < -0.4 is 5.73 Å². The van der Waals surface area contributed by atoms with Crippen LogP contribution in [-0.2, 0) is 0 Å². The summed E-state index contributed by atoms with van der Waals surface area (Å²) in [6.07, 6.45) is 4.93. The Morgan fingerprint density at radius 1 is 1.57 bits per heavy atom. The number of hydrogen-bond acceptors (Lipinski definition) is 2. The molecule has 2 rings (SSSR count). The summed E-state index contributed by atoms with van der Waals surface area (Å²) in [5, 5.41) is 2.19. The second-order valence-corrected chi connectivity index (χ2v) is 5.72. The number of nitrogens with two attached hydrogens (primary N) is 1. The lowest BCUT2D eigenvalue weighted by Crippen LogP contribution is -2.21. The Balaban J connectivity index is 1.89. The standard InChI is InChI=1S/C12H19NS/c1-9(3-5-12(13)6-7-12)11-10(2)4-8-14-11/h4,8-9H,3,5-7,13H2,1-2H3. The van der Waals surface area contributed by atoms with E-state index >= 15 is 0 Å². The van der Waals surface area contributed by atoms with Crippen LogP contribution in [0, 0.1) is 6.92 Å². The van der Waals surface area contributed by atoms with E-state index < -0.39 is 0 Å². The molecule has 78 valence electrons. The zero-order valence-electron chi connectivity index (χ0n) is 9.05. The van der Waals surface area contributed by atoms with E-state index in [1.165, 1.54) is 31.2 Å². The van der Waals surface area contributed by atoms with Crippen LogP contribution in [0.2, 0.25) is 0 Å². The second kappa shape index (κ2) is 3.67. The first kappa shape index (κ1) is 10.2. The minimum Gasteiger partial charge on any atom is -0.325 e. The lowest BCUT2D eigenvalue weighted by atomic mass is 9.97. The van der Waals surface area contributed by atoms with E-state index in [0.29, 0.717) is 5.92 Å². The van der Waals surface area contributed by atoms with Gasteiger partial charge in [0.2, 0.25) is 0 Å². The highest BCUT2D eigenvalue weighted by molar-refractivity contribution is 7.10. The number of thiophene rings is 1. The van der Waals surface area contributed by atoms with Crippen molar-refractivity contribution in [2.75, 3.05) is 0 Å². The Kier molecular flexibility index (Phi) is 2.67. The summed E-state index contributed by atoms with van der Waals surface area (Å²) in [6, 6.07) is 2.21. The summed E-state index contributed by atoms with van der Waals surface area (Å²) < 4.78 is 0.